The average molecular weight is 1140 g/mol. The van der Waals surface area contributed by atoms with Gasteiger partial charge in [0.15, 0.2) is 12.2 Å². The Morgan fingerprint density at radius 1 is 0.351 bits per heavy atom. The van der Waals surface area contributed by atoms with Gasteiger partial charge in [-0.25, -0.2) is 9.13 Å². The third-order valence-corrected chi connectivity index (χ3v) is 15.1. The van der Waals surface area contributed by atoms with Gasteiger partial charge in [0.25, 0.3) is 0 Å². The van der Waals surface area contributed by atoms with Crippen LogP contribution in [0.2, 0.25) is 0 Å². The standard InChI is InChI=1S/C58H112O17P2/c1-7-9-11-13-14-23-30-36-42-57(62)74-53(46-68-55(60)40-34-26-12-10-8-2)48-72-76(64,65)70-44-52(59)45-71-77(66,67)73-49-54(47-69-56(61)41-35-29-25-20-22-28-33-39-51(5)6)75-58(63)43-37-31-24-19-17-15-16-18-21-27-32-38-50(3)4/h50-54,59H,7-49H2,1-6H3,(H,64,65)(H,66,67)/t52-,53+,54+/m0/s1. The van der Waals surface area contributed by atoms with E-state index in [0.29, 0.717) is 31.6 Å². The molecular formula is C58H112O17P2. The monoisotopic (exact) mass is 1140 g/mol. The van der Waals surface area contributed by atoms with E-state index in [4.69, 9.17) is 37.0 Å². The number of carbonyl (C=O) groups excluding carboxylic acids is 4. The molecule has 0 aromatic rings. The van der Waals surface area contributed by atoms with Gasteiger partial charge in [0.1, 0.15) is 19.3 Å². The second kappa shape index (κ2) is 51.0. The second-order valence-electron chi connectivity index (χ2n) is 22.0. The Bertz CT molecular complexity index is 1530. The molecule has 0 fully saturated rings. The first kappa shape index (κ1) is 75.1. The summed E-state index contributed by atoms with van der Waals surface area (Å²) in [5.41, 5.74) is 0. The smallest absolute Gasteiger partial charge is 0.462 e. The zero-order valence-corrected chi connectivity index (χ0v) is 51.0. The molecule has 19 heteroatoms. The lowest BCUT2D eigenvalue weighted by Gasteiger charge is -2.21. The fourth-order valence-electron chi connectivity index (χ4n) is 8.47. The van der Waals surface area contributed by atoms with Crippen molar-refractivity contribution in [1.82, 2.24) is 0 Å². The molecule has 456 valence electrons. The number of aliphatic hydroxyl groups is 1. The lowest BCUT2D eigenvalue weighted by atomic mass is 10.0. The molecule has 0 rings (SSSR count). The van der Waals surface area contributed by atoms with Crippen molar-refractivity contribution in [3.63, 3.8) is 0 Å². The van der Waals surface area contributed by atoms with Crippen LogP contribution in [-0.4, -0.2) is 96.7 Å². The maximum absolute atomic E-state index is 12.9. The predicted molar refractivity (Wildman–Crippen MR) is 303 cm³/mol. The molecule has 0 aliphatic heterocycles. The van der Waals surface area contributed by atoms with Gasteiger partial charge >= 0.3 is 39.5 Å². The van der Waals surface area contributed by atoms with Gasteiger partial charge in [-0.3, -0.25) is 37.3 Å². The summed E-state index contributed by atoms with van der Waals surface area (Å²) in [6.45, 7) is 9.27. The van der Waals surface area contributed by atoms with Gasteiger partial charge in [-0.1, -0.05) is 228 Å². The zero-order valence-electron chi connectivity index (χ0n) is 49.2. The maximum Gasteiger partial charge on any atom is 0.472 e. The maximum atomic E-state index is 12.9. The molecule has 0 amide bonds. The summed E-state index contributed by atoms with van der Waals surface area (Å²) in [5, 5.41) is 10.5. The highest BCUT2D eigenvalue weighted by Crippen LogP contribution is 2.45. The van der Waals surface area contributed by atoms with Gasteiger partial charge in [0, 0.05) is 25.7 Å². The Balaban J connectivity index is 5.17. The Morgan fingerprint density at radius 2 is 0.597 bits per heavy atom. The molecule has 2 unspecified atom stereocenters. The quantitative estimate of drug-likeness (QED) is 0.0222. The highest BCUT2D eigenvalue weighted by Gasteiger charge is 2.30. The van der Waals surface area contributed by atoms with Crippen molar-refractivity contribution in [2.24, 2.45) is 11.8 Å². The Kier molecular flexibility index (Phi) is 49.7. The van der Waals surface area contributed by atoms with E-state index in [1.807, 2.05) is 0 Å². The van der Waals surface area contributed by atoms with Crippen LogP contribution in [0.4, 0.5) is 0 Å². The molecule has 0 aromatic carbocycles. The van der Waals surface area contributed by atoms with Gasteiger partial charge in [-0.15, -0.1) is 0 Å². The van der Waals surface area contributed by atoms with E-state index in [2.05, 4.69) is 41.5 Å². The van der Waals surface area contributed by atoms with Crippen molar-refractivity contribution in [2.45, 2.75) is 297 Å². The molecule has 0 aromatic heterocycles. The highest BCUT2D eigenvalue weighted by atomic mass is 31.2. The van der Waals surface area contributed by atoms with Gasteiger partial charge in [0.05, 0.1) is 26.4 Å². The van der Waals surface area contributed by atoms with E-state index >= 15 is 0 Å². The van der Waals surface area contributed by atoms with Crippen LogP contribution in [0.1, 0.15) is 279 Å². The van der Waals surface area contributed by atoms with Crippen molar-refractivity contribution < 1.29 is 80.2 Å². The lowest BCUT2D eigenvalue weighted by molar-refractivity contribution is -0.161. The van der Waals surface area contributed by atoms with Crippen molar-refractivity contribution in [3.8, 4) is 0 Å². The van der Waals surface area contributed by atoms with Crippen molar-refractivity contribution in [2.75, 3.05) is 39.6 Å². The van der Waals surface area contributed by atoms with Crippen molar-refractivity contribution in [3.05, 3.63) is 0 Å². The number of phosphoric ester groups is 2. The summed E-state index contributed by atoms with van der Waals surface area (Å²) in [6.07, 6.45) is 31.2. The minimum atomic E-state index is -4.94. The van der Waals surface area contributed by atoms with Crippen LogP contribution >= 0.6 is 15.6 Å². The van der Waals surface area contributed by atoms with Crippen molar-refractivity contribution in [1.29, 1.82) is 0 Å². The number of unbranched alkanes of at least 4 members (excludes halogenated alkanes) is 27. The Hall–Kier alpha value is -1.94. The van der Waals surface area contributed by atoms with Crippen LogP contribution in [0.15, 0.2) is 0 Å². The normalized spacial score (nSPS) is 14.5. The largest absolute Gasteiger partial charge is 0.472 e. The number of phosphoric acid groups is 2. The van der Waals surface area contributed by atoms with E-state index in [1.54, 1.807) is 0 Å². The Morgan fingerprint density at radius 3 is 0.883 bits per heavy atom. The molecule has 0 bridgehead atoms. The van der Waals surface area contributed by atoms with E-state index in [9.17, 15) is 43.2 Å². The van der Waals surface area contributed by atoms with E-state index in [0.717, 1.165) is 115 Å². The van der Waals surface area contributed by atoms with E-state index in [1.165, 1.54) is 77.0 Å². The molecule has 0 saturated heterocycles. The lowest BCUT2D eigenvalue weighted by Crippen LogP contribution is -2.30. The van der Waals surface area contributed by atoms with Crippen molar-refractivity contribution >= 4 is 39.5 Å². The topological polar surface area (TPSA) is 237 Å². The highest BCUT2D eigenvalue weighted by molar-refractivity contribution is 7.47. The second-order valence-corrected chi connectivity index (χ2v) is 24.9. The average Bonchev–Trinajstić information content (AvgIpc) is 3.38. The van der Waals surface area contributed by atoms with Gasteiger partial charge in [-0.2, -0.15) is 0 Å². The molecular weight excluding hydrogens is 1030 g/mol. The molecule has 0 saturated carbocycles. The molecule has 0 heterocycles. The third-order valence-electron chi connectivity index (χ3n) is 13.2. The molecule has 0 spiro atoms. The molecule has 0 radical (unpaired) electrons. The number of rotatable bonds is 57. The van der Waals surface area contributed by atoms with Gasteiger partial charge in [-0.05, 0) is 37.5 Å². The van der Waals surface area contributed by atoms with Crippen LogP contribution < -0.4 is 0 Å². The van der Waals surface area contributed by atoms with E-state index in [-0.39, 0.29) is 25.7 Å². The molecule has 3 N–H and O–H groups in total. The summed E-state index contributed by atoms with van der Waals surface area (Å²) in [6, 6.07) is 0. The van der Waals surface area contributed by atoms with Crippen LogP contribution in [-0.2, 0) is 65.4 Å². The summed E-state index contributed by atoms with van der Waals surface area (Å²) in [7, 11) is -9.86. The van der Waals surface area contributed by atoms with Crippen LogP contribution in [0.5, 0.6) is 0 Å². The summed E-state index contributed by atoms with van der Waals surface area (Å²) in [5.74, 6) is -0.686. The number of carbonyl (C=O) groups is 4. The third kappa shape index (κ3) is 53.2. The van der Waals surface area contributed by atoms with Crippen LogP contribution in [0, 0.1) is 11.8 Å². The minimum Gasteiger partial charge on any atom is -0.462 e. The number of ether oxygens (including phenoxy) is 4. The molecule has 5 atom stereocenters. The molecule has 17 nitrogen and oxygen atoms in total. The van der Waals surface area contributed by atoms with Gasteiger partial charge < -0.3 is 33.8 Å². The number of esters is 4. The number of hydrogen-bond acceptors (Lipinski definition) is 15. The Labute approximate surface area is 467 Å². The molecule has 0 aliphatic rings. The first-order valence-electron chi connectivity index (χ1n) is 30.5. The summed E-state index contributed by atoms with van der Waals surface area (Å²) >= 11 is 0. The van der Waals surface area contributed by atoms with E-state index < -0.39 is 97.5 Å². The minimum absolute atomic E-state index is 0.103. The van der Waals surface area contributed by atoms with Crippen LogP contribution in [0.25, 0.3) is 0 Å². The summed E-state index contributed by atoms with van der Waals surface area (Å²) in [4.78, 5) is 71.6. The predicted octanol–water partition coefficient (Wildman–Crippen LogP) is 15.3. The fraction of sp³-hybridized carbons (Fsp3) is 0.931. The molecule has 0 aliphatic carbocycles. The number of hydrogen-bond donors (Lipinski definition) is 3. The zero-order chi connectivity index (χ0) is 57.3. The van der Waals surface area contributed by atoms with Crippen LogP contribution in [0.3, 0.4) is 0 Å². The molecule has 77 heavy (non-hydrogen) atoms. The first-order chi connectivity index (χ1) is 36.9. The first-order valence-corrected chi connectivity index (χ1v) is 33.5. The number of aliphatic hydroxyl groups excluding tert-OH is 1. The SMILES string of the molecule is CCCCCCCCCCC(=O)O[C@H](COC(=O)CCCCCCC)COP(=O)(O)OC[C@H](O)COP(=O)(O)OC[C@@H](COC(=O)CCCCCCCCCC(C)C)OC(=O)CCCCCCCCCCCCCC(C)C. The fourth-order valence-corrected chi connectivity index (χ4v) is 10.0. The van der Waals surface area contributed by atoms with Gasteiger partial charge in [0.2, 0.25) is 0 Å². The summed E-state index contributed by atoms with van der Waals surface area (Å²) < 4.78 is 67.5.